The van der Waals surface area contributed by atoms with E-state index in [9.17, 15) is 4.79 Å². The van der Waals surface area contributed by atoms with E-state index >= 15 is 0 Å². The number of halogens is 1. The van der Waals surface area contributed by atoms with Crippen molar-refractivity contribution in [3.05, 3.63) is 70.6 Å². The minimum Gasteiger partial charge on any atom is -0.357 e. The Bertz CT molecular complexity index is 1200. The van der Waals surface area contributed by atoms with Crippen molar-refractivity contribution in [1.82, 2.24) is 20.3 Å². The fourth-order valence-electron chi connectivity index (χ4n) is 3.49. The minimum absolute atomic E-state index is 0.0429. The number of amides is 1. The van der Waals surface area contributed by atoms with E-state index in [2.05, 4.69) is 42.3 Å². The Hall–Kier alpha value is -2.99. The standard InChI is InChI=1S/C21H15BrN4O/c22-19-18-16(6-8-24-21(18)27)26-20(19)13-5-7-23-17(10-13)14-9-12-3-1-2-4-15(12)25-11-14/h1-5,7,9-11,26H,6,8H2,(H,24,27). The molecule has 4 aromatic rings. The van der Waals surface area contributed by atoms with Gasteiger partial charge in [0.15, 0.2) is 0 Å². The van der Waals surface area contributed by atoms with Crippen LogP contribution in [0.1, 0.15) is 16.1 Å². The molecule has 0 radical (unpaired) electrons. The van der Waals surface area contributed by atoms with Crippen molar-refractivity contribution in [2.24, 2.45) is 0 Å². The quantitative estimate of drug-likeness (QED) is 0.508. The van der Waals surface area contributed by atoms with E-state index < -0.39 is 0 Å². The molecule has 5 nitrogen and oxygen atoms in total. The number of para-hydroxylation sites is 1. The fourth-order valence-corrected chi connectivity index (χ4v) is 4.24. The van der Waals surface area contributed by atoms with Gasteiger partial charge < -0.3 is 10.3 Å². The Kier molecular flexibility index (Phi) is 3.79. The number of hydrogen-bond acceptors (Lipinski definition) is 3. The predicted octanol–water partition coefficient (Wildman–Crippen LogP) is 4.34. The number of carbonyl (C=O) groups is 1. The van der Waals surface area contributed by atoms with Gasteiger partial charge in [-0.15, -0.1) is 0 Å². The van der Waals surface area contributed by atoms with E-state index in [0.29, 0.717) is 12.1 Å². The molecular weight excluding hydrogens is 404 g/mol. The number of fused-ring (bicyclic) bond motifs is 2. The molecule has 0 atom stereocenters. The number of pyridine rings is 2. The number of aromatic amines is 1. The molecule has 0 saturated heterocycles. The average molecular weight is 419 g/mol. The monoisotopic (exact) mass is 418 g/mol. The summed E-state index contributed by atoms with van der Waals surface area (Å²) in [6, 6.07) is 14.1. The van der Waals surface area contributed by atoms with Gasteiger partial charge in [0, 0.05) is 47.6 Å². The summed E-state index contributed by atoms with van der Waals surface area (Å²) >= 11 is 3.60. The zero-order valence-corrected chi connectivity index (χ0v) is 15.9. The third-order valence-electron chi connectivity index (χ3n) is 4.84. The second-order valence-corrected chi connectivity index (χ2v) is 7.31. The second kappa shape index (κ2) is 6.32. The number of H-pyrrole nitrogens is 1. The smallest absolute Gasteiger partial charge is 0.254 e. The summed E-state index contributed by atoms with van der Waals surface area (Å²) < 4.78 is 0.795. The van der Waals surface area contributed by atoms with Crippen LogP contribution in [0.5, 0.6) is 0 Å². The Morgan fingerprint density at radius 1 is 1.04 bits per heavy atom. The summed E-state index contributed by atoms with van der Waals surface area (Å²) in [6.07, 6.45) is 4.43. The van der Waals surface area contributed by atoms with Gasteiger partial charge in [-0.1, -0.05) is 18.2 Å². The lowest BCUT2D eigenvalue weighted by atomic mass is 10.1. The first kappa shape index (κ1) is 16.2. The molecule has 27 heavy (non-hydrogen) atoms. The first-order chi connectivity index (χ1) is 13.2. The van der Waals surface area contributed by atoms with Crippen LogP contribution in [0.15, 0.2) is 59.3 Å². The van der Waals surface area contributed by atoms with Crippen LogP contribution >= 0.6 is 15.9 Å². The highest BCUT2D eigenvalue weighted by molar-refractivity contribution is 9.10. The lowest BCUT2D eigenvalue weighted by molar-refractivity contribution is 0.0945. The summed E-state index contributed by atoms with van der Waals surface area (Å²) in [7, 11) is 0. The van der Waals surface area contributed by atoms with E-state index in [1.165, 1.54) is 0 Å². The van der Waals surface area contributed by atoms with Crippen molar-refractivity contribution in [1.29, 1.82) is 0 Å². The maximum absolute atomic E-state index is 12.2. The van der Waals surface area contributed by atoms with Crippen molar-refractivity contribution in [3.63, 3.8) is 0 Å². The summed E-state index contributed by atoms with van der Waals surface area (Å²) in [4.78, 5) is 24.6. The number of aromatic nitrogens is 3. The Morgan fingerprint density at radius 3 is 2.81 bits per heavy atom. The van der Waals surface area contributed by atoms with E-state index in [0.717, 1.165) is 50.0 Å². The Labute approximate surface area is 164 Å². The van der Waals surface area contributed by atoms with Gasteiger partial charge in [-0.05, 0) is 40.2 Å². The first-order valence-corrected chi connectivity index (χ1v) is 9.50. The summed E-state index contributed by atoms with van der Waals surface area (Å²) in [5.41, 5.74) is 6.30. The second-order valence-electron chi connectivity index (χ2n) is 6.52. The summed E-state index contributed by atoms with van der Waals surface area (Å²) in [6.45, 7) is 0.655. The normalized spacial score (nSPS) is 13.4. The molecule has 1 amide bonds. The lowest BCUT2D eigenvalue weighted by Crippen LogP contribution is -2.31. The molecule has 1 aliphatic heterocycles. The maximum Gasteiger partial charge on any atom is 0.254 e. The molecule has 3 aromatic heterocycles. The van der Waals surface area contributed by atoms with Gasteiger partial charge in [0.25, 0.3) is 5.91 Å². The molecule has 132 valence electrons. The van der Waals surface area contributed by atoms with Crippen LogP contribution in [0.2, 0.25) is 0 Å². The SMILES string of the molecule is O=C1NCCc2[nH]c(-c3ccnc(-c4cnc5ccccc5c4)c3)c(Br)c21. The molecular formula is C21H15BrN4O. The highest BCUT2D eigenvalue weighted by Gasteiger charge is 2.25. The highest BCUT2D eigenvalue weighted by Crippen LogP contribution is 2.35. The third-order valence-corrected chi connectivity index (χ3v) is 5.63. The summed E-state index contributed by atoms with van der Waals surface area (Å²) in [5.74, 6) is -0.0429. The van der Waals surface area contributed by atoms with Gasteiger partial charge in [-0.2, -0.15) is 0 Å². The lowest BCUT2D eigenvalue weighted by Gasteiger charge is -2.11. The number of carbonyl (C=O) groups excluding carboxylic acids is 1. The van der Waals surface area contributed by atoms with Crippen molar-refractivity contribution < 1.29 is 4.79 Å². The molecule has 0 unspecified atom stereocenters. The zero-order chi connectivity index (χ0) is 18.4. The van der Waals surface area contributed by atoms with Gasteiger partial charge in [0.1, 0.15) is 0 Å². The molecule has 0 fully saturated rings. The summed E-state index contributed by atoms with van der Waals surface area (Å²) in [5, 5.41) is 3.97. The minimum atomic E-state index is -0.0429. The van der Waals surface area contributed by atoms with Crippen LogP contribution in [0.25, 0.3) is 33.4 Å². The van der Waals surface area contributed by atoms with Crippen molar-refractivity contribution in [3.8, 4) is 22.5 Å². The molecule has 0 aliphatic carbocycles. The number of benzene rings is 1. The average Bonchev–Trinajstić information content (AvgIpc) is 3.05. The van der Waals surface area contributed by atoms with Crippen LogP contribution in [0, 0.1) is 0 Å². The Balaban J connectivity index is 1.61. The maximum atomic E-state index is 12.2. The molecule has 5 rings (SSSR count). The van der Waals surface area contributed by atoms with Crippen LogP contribution in [-0.4, -0.2) is 27.4 Å². The van der Waals surface area contributed by atoms with Crippen LogP contribution in [0.3, 0.4) is 0 Å². The van der Waals surface area contributed by atoms with Crippen LogP contribution in [-0.2, 0) is 6.42 Å². The molecule has 6 heteroatoms. The number of nitrogens with zero attached hydrogens (tertiary/aromatic N) is 2. The fraction of sp³-hybridized carbons (Fsp3) is 0.0952. The third kappa shape index (κ3) is 2.73. The van der Waals surface area contributed by atoms with Gasteiger partial charge in [-0.3, -0.25) is 14.8 Å². The topological polar surface area (TPSA) is 70.7 Å². The van der Waals surface area contributed by atoms with Crippen molar-refractivity contribution in [2.45, 2.75) is 6.42 Å². The molecule has 0 spiro atoms. The Morgan fingerprint density at radius 2 is 1.93 bits per heavy atom. The van der Waals surface area contributed by atoms with E-state index in [-0.39, 0.29) is 5.91 Å². The number of nitrogens with one attached hydrogen (secondary N) is 2. The van der Waals surface area contributed by atoms with E-state index in [1.807, 2.05) is 42.6 Å². The molecule has 1 aromatic carbocycles. The van der Waals surface area contributed by atoms with Crippen molar-refractivity contribution >= 4 is 32.7 Å². The number of hydrogen-bond donors (Lipinski definition) is 2. The van der Waals surface area contributed by atoms with E-state index in [1.54, 1.807) is 6.20 Å². The van der Waals surface area contributed by atoms with Crippen molar-refractivity contribution in [2.75, 3.05) is 6.54 Å². The molecule has 0 bridgehead atoms. The zero-order valence-electron chi connectivity index (χ0n) is 14.3. The largest absolute Gasteiger partial charge is 0.357 e. The molecule has 4 heterocycles. The molecule has 2 N–H and O–H groups in total. The number of rotatable bonds is 2. The van der Waals surface area contributed by atoms with Gasteiger partial charge in [0.05, 0.1) is 26.9 Å². The van der Waals surface area contributed by atoms with Gasteiger partial charge in [-0.25, -0.2) is 0 Å². The van der Waals surface area contributed by atoms with Crippen LogP contribution < -0.4 is 5.32 Å². The predicted molar refractivity (Wildman–Crippen MR) is 108 cm³/mol. The van der Waals surface area contributed by atoms with Crippen LogP contribution in [0.4, 0.5) is 0 Å². The van der Waals surface area contributed by atoms with Gasteiger partial charge in [0.2, 0.25) is 0 Å². The highest BCUT2D eigenvalue weighted by atomic mass is 79.9. The van der Waals surface area contributed by atoms with Gasteiger partial charge >= 0.3 is 0 Å². The first-order valence-electron chi connectivity index (χ1n) is 8.71. The van der Waals surface area contributed by atoms with E-state index in [4.69, 9.17) is 0 Å². The molecule has 0 saturated carbocycles. The molecule has 1 aliphatic rings.